The first-order valence-corrected chi connectivity index (χ1v) is 11.6. The van der Waals surface area contributed by atoms with Gasteiger partial charge in [0.2, 0.25) is 27.6 Å². The first kappa shape index (κ1) is 22.5. The van der Waals surface area contributed by atoms with Gasteiger partial charge in [-0.25, -0.2) is 8.42 Å². The molecule has 0 aliphatic carbocycles. The number of sulfonamides is 1. The molecule has 0 unspecified atom stereocenters. The van der Waals surface area contributed by atoms with Gasteiger partial charge in [-0.15, -0.1) is 0 Å². The summed E-state index contributed by atoms with van der Waals surface area (Å²) in [4.78, 5) is 17.1. The summed E-state index contributed by atoms with van der Waals surface area (Å²) in [7, 11) is -3.69. The van der Waals surface area contributed by atoms with Crippen molar-refractivity contribution < 1.29 is 17.7 Å². The van der Waals surface area contributed by atoms with Gasteiger partial charge in [-0.3, -0.25) is 9.10 Å². The molecule has 31 heavy (non-hydrogen) atoms. The number of anilines is 1. The molecule has 0 saturated heterocycles. The van der Waals surface area contributed by atoms with E-state index in [0.29, 0.717) is 11.5 Å². The van der Waals surface area contributed by atoms with Gasteiger partial charge in [-0.2, -0.15) is 4.98 Å². The number of benzene rings is 2. The van der Waals surface area contributed by atoms with Gasteiger partial charge in [-0.05, 0) is 57.0 Å². The summed E-state index contributed by atoms with van der Waals surface area (Å²) in [5.74, 6) is 0.184. The third kappa shape index (κ3) is 5.49. The van der Waals surface area contributed by atoms with Crippen molar-refractivity contribution in [2.24, 2.45) is 0 Å². The van der Waals surface area contributed by atoms with Crippen LogP contribution in [0.15, 0.2) is 47.0 Å². The fraction of sp³-hybridized carbons (Fsp3) is 0.318. The fourth-order valence-corrected chi connectivity index (χ4v) is 4.58. The van der Waals surface area contributed by atoms with E-state index in [-0.39, 0.29) is 12.4 Å². The molecule has 2 aromatic carbocycles. The summed E-state index contributed by atoms with van der Waals surface area (Å²) < 4.78 is 31.3. The normalized spacial score (nSPS) is 12.4. The largest absolute Gasteiger partial charge is 0.345 e. The van der Waals surface area contributed by atoms with Gasteiger partial charge in [0.25, 0.3) is 0 Å². The maximum atomic E-state index is 12.8. The molecule has 1 amide bonds. The lowest BCUT2D eigenvalue weighted by atomic mass is 10.1. The Labute approximate surface area is 182 Å². The van der Waals surface area contributed by atoms with E-state index >= 15 is 0 Å². The third-order valence-electron chi connectivity index (χ3n) is 4.71. The SMILES string of the molecule is Cc1cccc(-c2noc(CNC(=O)[C@@H](C)N(c3cc(C)cc(C)c3)S(C)(=O)=O)n2)c1. The number of carbonyl (C=O) groups excluding carboxylic acids is 1. The number of aryl methyl sites for hydroxylation is 3. The average molecular weight is 443 g/mol. The Morgan fingerprint density at radius 1 is 1.10 bits per heavy atom. The third-order valence-corrected chi connectivity index (χ3v) is 5.95. The zero-order chi connectivity index (χ0) is 22.8. The van der Waals surface area contributed by atoms with E-state index < -0.39 is 22.0 Å². The average Bonchev–Trinajstić information content (AvgIpc) is 3.13. The lowest BCUT2D eigenvalue weighted by Crippen LogP contribution is -2.47. The van der Waals surface area contributed by atoms with Crippen molar-refractivity contribution in [2.75, 3.05) is 10.6 Å². The van der Waals surface area contributed by atoms with Gasteiger partial charge in [0, 0.05) is 5.56 Å². The second-order valence-corrected chi connectivity index (χ2v) is 9.54. The Morgan fingerprint density at radius 2 is 1.77 bits per heavy atom. The molecule has 0 aliphatic rings. The summed E-state index contributed by atoms with van der Waals surface area (Å²) in [5.41, 5.74) is 4.14. The van der Waals surface area contributed by atoms with Crippen molar-refractivity contribution in [3.63, 3.8) is 0 Å². The molecule has 0 saturated carbocycles. The van der Waals surface area contributed by atoms with Crippen LogP contribution in [0.25, 0.3) is 11.4 Å². The standard InChI is InChI=1S/C22H26N4O4S/c1-14-7-6-8-18(10-14)21-24-20(30-25-21)13-23-22(27)17(4)26(31(5,28)29)19-11-15(2)9-16(3)12-19/h6-12,17H,13H2,1-5H3,(H,23,27)/t17-/m1/s1. The van der Waals surface area contributed by atoms with Gasteiger partial charge in [0.1, 0.15) is 6.04 Å². The summed E-state index contributed by atoms with van der Waals surface area (Å²) in [6.45, 7) is 7.26. The van der Waals surface area contributed by atoms with Gasteiger partial charge >= 0.3 is 0 Å². The van der Waals surface area contributed by atoms with Crippen LogP contribution < -0.4 is 9.62 Å². The van der Waals surface area contributed by atoms with Crippen LogP contribution in [0.1, 0.15) is 29.5 Å². The molecule has 1 heterocycles. The number of aromatic nitrogens is 2. The summed E-state index contributed by atoms with van der Waals surface area (Å²) >= 11 is 0. The summed E-state index contributed by atoms with van der Waals surface area (Å²) in [6.07, 6.45) is 1.08. The number of nitrogens with zero attached hydrogens (tertiary/aromatic N) is 3. The van der Waals surface area contributed by atoms with Crippen molar-refractivity contribution in [1.82, 2.24) is 15.5 Å². The molecular formula is C22H26N4O4S. The number of carbonyl (C=O) groups is 1. The van der Waals surface area contributed by atoms with Crippen LogP contribution in [0, 0.1) is 20.8 Å². The number of amides is 1. The van der Waals surface area contributed by atoms with Crippen LogP contribution in [0.4, 0.5) is 5.69 Å². The Bertz CT molecular complexity index is 1180. The van der Waals surface area contributed by atoms with Gasteiger partial charge in [0.05, 0.1) is 18.5 Å². The Morgan fingerprint density at radius 3 is 2.39 bits per heavy atom. The monoisotopic (exact) mass is 442 g/mol. The van der Waals surface area contributed by atoms with Crippen LogP contribution in [-0.2, 0) is 21.4 Å². The molecule has 0 spiro atoms. The predicted octanol–water partition coefficient (Wildman–Crippen LogP) is 3.13. The van der Waals surface area contributed by atoms with Crippen molar-refractivity contribution >= 4 is 21.6 Å². The molecule has 8 nitrogen and oxygen atoms in total. The topological polar surface area (TPSA) is 105 Å². The maximum absolute atomic E-state index is 12.8. The molecule has 3 rings (SSSR count). The first-order valence-electron chi connectivity index (χ1n) is 9.79. The lowest BCUT2D eigenvalue weighted by molar-refractivity contribution is -0.122. The molecule has 3 aromatic rings. The van der Waals surface area contributed by atoms with Crippen LogP contribution in [0.2, 0.25) is 0 Å². The number of rotatable bonds is 7. The lowest BCUT2D eigenvalue weighted by Gasteiger charge is -2.28. The molecular weight excluding hydrogens is 416 g/mol. The molecule has 164 valence electrons. The fourth-order valence-electron chi connectivity index (χ4n) is 3.43. The summed E-state index contributed by atoms with van der Waals surface area (Å²) in [5, 5.41) is 6.63. The Balaban J connectivity index is 1.74. The highest BCUT2D eigenvalue weighted by atomic mass is 32.2. The second kappa shape index (κ2) is 8.89. The van der Waals surface area contributed by atoms with E-state index in [4.69, 9.17) is 4.52 Å². The van der Waals surface area contributed by atoms with Gasteiger partial charge in [0.15, 0.2) is 0 Å². The van der Waals surface area contributed by atoms with Crippen molar-refractivity contribution in [3.05, 3.63) is 65.0 Å². The predicted molar refractivity (Wildman–Crippen MR) is 119 cm³/mol. The van der Waals surface area contributed by atoms with E-state index in [1.165, 1.54) is 0 Å². The highest BCUT2D eigenvalue weighted by Crippen LogP contribution is 2.24. The van der Waals surface area contributed by atoms with Crippen LogP contribution in [0.5, 0.6) is 0 Å². The van der Waals surface area contributed by atoms with Crippen LogP contribution in [-0.4, -0.2) is 36.8 Å². The van der Waals surface area contributed by atoms with Crippen molar-refractivity contribution in [3.8, 4) is 11.4 Å². The van der Waals surface area contributed by atoms with E-state index in [0.717, 1.165) is 32.8 Å². The van der Waals surface area contributed by atoms with E-state index in [1.54, 1.807) is 19.1 Å². The minimum atomic E-state index is -3.69. The zero-order valence-electron chi connectivity index (χ0n) is 18.2. The minimum absolute atomic E-state index is 0.00750. The summed E-state index contributed by atoms with van der Waals surface area (Å²) in [6, 6.07) is 12.1. The first-order chi connectivity index (χ1) is 14.5. The molecule has 0 radical (unpaired) electrons. The highest BCUT2D eigenvalue weighted by Gasteiger charge is 2.29. The number of hydrogen-bond donors (Lipinski definition) is 1. The van der Waals surface area contributed by atoms with E-state index in [1.807, 2.05) is 51.1 Å². The van der Waals surface area contributed by atoms with Gasteiger partial charge < -0.3 is 9.84 Å². The maximum Gasteiger partial charge on any atom is 0.246 e. The minimum Gasteiger partial charge on any atom is -0.345 e. The second-order valence-electron chi connectivity index (χ2n) is 7.68. The van der Waals surface area contributed by atoms with Crippen molar-refractivity contribution in [2.45, 2.75) is 40.3 Å². The Kier molecular flexibility index (Phi) is 6.45. The Hall–Kier alpha value is -3.20. The van der Waals surface area contributed by atoms with Crippen LogP contribution in [0.3, 0.4) is 0 Å². The quantitative estimate of drug-likeness (QED) is 0.603. The molecule has 0 fully saturated rings. The zero-order valence-corrected chi connectivity index (χ0v) is 19.0. The molecule has 1 N–H and O–H groups in total. The van der Waals surface area contributed by atoms with E-state index in [2.05, 4.69) is 15.5 Å². The smallest absolute Gasteiger partial charge is 0.246 e. The van der Waals surface area contributed by atoms with Crippen LogP contribution >= 0.6 is 0 Å². The van der Waals surface area contributed by atoms with E-state index in [9.17, 15) is 13.2 Å². The van der Waals surface area contributed by atoms with Crippen molar-refractivity contribution in [1.29, 1.82) is 0 Å². The molecule has 0 aliphatic heterocycles. The molecule has 1 aromatic heterocycles. The molecule has 0 bridgehead atoms. The number of nitrogens with one attached hydrogen (secondary N) is 1. The molecule has 1 atom stereocenters. The molecule has 9 heteroatoms. The number of hydrogen-bond acceptors (Lipinski definition) is 6. The van der Waals surface area contributed by atoms with Gasteiger partial charge in [-0.1, -0.05) is 35.0 Å². The highest BCUT2D eigenvalue weighted by molar-refractivity contribution is 7.92.